The van der Waals surface area contributed by atoms with Crippen molar-refractivity contribution < 1.29 is 18.6 Å². The molecule has 1 N–H and O–H groups in total. The zero-order valence-corrected chi connectivity index (χ0v) is 20.8. The number of fused-ring (bicyclic) bond motifs is 1. The lowest BCUT2D eigenvalue weighted by Gasteiger charge is -2.36. The lowest BCUT2D eigenvalue weighted by molar-refractivity contribution is 0.171. The first-order valence-corrected chi connectivity index (χ1v) is 10.5. The molecule has 2 aliphatic heterocycles. The molecule has 0 unspecified atom stereocenters. The number of piperazine rings is 1. The molecule has 0 aliphatic carbocycles. The van der Waals surface area contributed by atoms with E-state index in [-0.39, 0.29) is 36.4 Å². The first kappa shape index (κ1) is 24.5. The van der Waals surface area contributed by atoms with Crippen molar-refractivity contribution in [2.24, 2.45) is 4.99 Å². The van der Waals surface area contributed by atoms with Gasteiger partial charge in [-0.3, -0.25) is 9.89 Å². The van der Waals surface area contributed by atoms with Crippen LogP contribution in [0.4, 0.5) is 4.39 Å². The minimum Gasteiger partial charge on any atom is -0.454 e. The molecule has 9 heteroatoms. The minimum atomic E-state index is -0.242. The Kier molecular flexibility index (Phi) is 8.94. The van der Waals surface area contributed by atoms with E-state index in [0.29, 0.717) is 18.9 Å². The Morgan fingerprint density at radius 2 is 1.81 bits per heavy atom. The Balaban J connectivity index is 0.00000289. The van der Waals surface area contributed by atoms with Crippen molar-refractivity contribution in [3.63, 3.8) is 0 Å². The maximum Gasteiger partial charge on any atom is 0.231 e. The zero-order chi connectivity index (χ0) is 21.6. The second-order valence-electron chi connectivity index (χ2n) is 7.71. The Labute approximate surface area is 205 Å². The van der Waals surface area contributed by atoms with Crippen molar-refractivity contribution >= 4 is 29.9 Å². The average Bonchev–Trinajstić information content (AvgIpc) is 3.25. The lowest BCUT2D eigenvalue weighted by Crippen LogP contribution is -2.52. The third-order valence-corrected chi connectivity index (χ3v) is 5.59. The van der Waals surface area contributed by atoms with Gasteiger partial charge in [-0.2, -0.15) is 0 Å². The fraction of sp³-hybridized carbons (Fsp3) is 0.435. The van der Waals surface area contributed by atoms with Crippen LogP contribution < -0.4 is 14.8 Å². The molecule has 2 aromatic carbocycles. The van der Waals surface area contributed by atoms with Gasteiger partial charge in [0, 0.05) is 59.0 Å². The van der Waals surface area contributed by atoms with Crippen molar-refractivity contribution in [2.75, 3.05) is 47.1 Å². The molecular weight excluding hydrogens is 526 g/mol. The third-order valence-electron chi connectivity index (χ3n) is 5.59. The summed E-state index contributed by atoms with van der Waals surface area (Å²) in [5.74, 6) is 2.27. The molecule has 0 aromatic heterocycles. The number of rotatable bonds is 6. The van der Waals surface area contributed by atoms with Crippen LogP contribution >= 0.6 is 24.0 Å². The average molecular weight is 556 g/mol. The molecule has 32 heavy (non-hydrogen) atoms. The van der Waals surface area contributed by atoms with Crippen molar-refractivity contribution in [3.05, 3.63) is 58.9 Å². The molecular formula is C23H30FIN4O3. The number of halogens is 2. The standard InChI is InChI=1S/C23H29FN4O3.HI/c1-25-23(26-13-17-3-5-20(24)19(11-17)15-29-2)28-9-7-27(8-10-28)14-18-4-6-21-22(12-18)31-16-30-21;/h3-6,11-12H,7-10,13-16H2,1-2H3,(H,25,26);1H. The predicted molar refractivity (Wildman–Crippen MR) is 132 cm³/mol. The van der Waals surface area contributed by atoms with Crippen LogP contribution in [-0.4, -0.2) is 62.9 Å². The number of guanidine groups is 1. The number of benzene rings is 2. The molecule has 0 spiro atoms. The summed E-state index contributed by atoms with van der Waals surface area (Å²) in [6.07, 6.45) is 0. The Hall–Kier alpha value is -2.11. The summed E-state index contributed by atoms with van der Waals surface area (Å²) in [5, 5.41) is 3.40. The summed E-state index contributed by atoms with van der Waals surface area (Å²) in [6.45, 7) is 5.71. The molecule has 4 rings (SSSR count). The summed E-state index contributed by atoms with van der Waals surface area (Å²) >= 11 is 0. The molecule has 0 atom stereocenters. The van der Waals surface area contributed by atoms with Gasteiger partial charge in [0.15, 0.2) is 17.5 Å². The number of aliphatic imine (C=N–C) groups is 1. The maximum atomic E-state index is 13.8. The van der Waals surface area contributed by atoms with E-state index in [0.717, 1.165) is 55.7 Å². The Bertz CT molecular complexity index is 935. The number of hydrogen-bond donors (Lipinski definition) is 1. The highest BCUT2D eigenvalue weighted by atomic mass is 127. The van der Waals surface area contributed by atoms with Gasteiger partial charge in [0.1, 0.15) is 5.82 Å². The summed E-state index contributed by atoms with van der Waals surface area (Å²) < 4.78 is 29.8. The van der Waals surface area contributed by atoms with Crippen molar-refractivity contribution in [1.29, 1.82) is 0 Å². The summed E-state index contributed by atoms with van der Waals surface area (Å²) in [6, 6.07) is 11.3. The quantitative estimate of drug-likeness (QED) is 0.335. The number of methoxy groups -OCH3 is 1. The largest absolute Gasteiger partial charge is 0.454 e. The van der Waals surface area contributed by atoms with Gasteiger partial charge in [-0.15, -0.1) is 24.0 Å². The van der Waals surface area contributed by atoms with Crippen LogP contribution in [0.25, 0.3) is 0 Å². The second kappa shape index (κ2) is 11.7. The van der Waals surface area contributed by atoms with Gasteiger partial charge in [-0.1, -0.05) is 12.1 Å². The number of ether oxygens (including phenoxy) is 3. The fourth-order valence-electron chi connectivity index (χ4n) is 3.93. The highest BCUT2D eigenvalue weighted by Gasteiger charge is 2.21. The fourth-order valence-corrected chi connectivity index (χ4v) is 3.93. The van der Waals surface area contributed by atoms with Crippen LogP contribution in [0.5, 0.6) is 11.5 Å². The van der Waals surface area contributed by atoms with Gasteiger partial charge in [0.2, 0.25) is 6.79 Å². The van der Waals surface area contributed by atoms with E-state index in [1.54, 1.807) is 20.2 Å². The summed E-state index contributed by atoms with van der Waals surface area (Å²) in [4.78, 5) is 9.12. The first-order valence-electron chi connectivity index (χ1n) is 10.5. The molecule has 0 radical (unpaired) electrons. The first-order chi connectivity index (χ1) is 15.2. The molecule has 2 aliphatic rings. The molecule has 1 saturated heterocycles. The number of hydrogen-bond acceptors (Lipinski definition) is 5. The van der Waals surface area contributed by atoms with E-state index >= 15 is 0 Å². The topological polar surface area (TPSA) is 58.6 Å². The number of nitrogens with zero attached hydrogens (tertiary/aromatic N) is 3. The predicted octanol–water partition coefficient (Wildman–Crippen LogP) is 3.21. The molecule has 0 bridgehead atoms. The zero-order valence-electron chi connectivity index (χ0n) is 18.5. The monoisotopic (exact) mass is 556 g/mol. The van der Waals surface area contributed by atoms with Gasteiger partial charge in [0.25, 0.3) is 0 Å². The van der Waals surface area contributed by atoms with Gasteiger partial charge < -0.3 is 24.4 Å². The minimum absolute atomic E-state index is 0. The number of nitrogens with one attached hydrogen (secondary N) is 1. The Morgan fingerprint density at radius 3 is 2.56 bits per heavy atom. The van der Waals surface area contributed by atoms with Crippen molar-refractivity contribution in [1.82, 2.24) is 15.1 Å². The van der Waals surface area contributed by atoms with E-state index in [9.17, 15) is 4.39 Å². The van der Waals surface area contributed by atoms with E-state index in [1.807, 2.05) is 12.1 Å². The lowest BCUT2D eigenvalue weighted by atomic mass is 10.1. The van der Waals surface area contributed by atoms with Crippen LogP contribution in [-0.2, 0) is 24.4 Å². The third kappa shape index (κ3) is 6.02. The summed E-state index contributed by atoms with van der Waals surface area (Å²) in [5.41, 5.74) is 2.79. The van der Waals surface area contributed by atoms with Crippen molar-refractivity contribution in [2.45, 2.75) is 19.7 Å². The Morgan fingerprint density at radius 1 is 1.06 bits per heavy atom. The highest BCUT2D eigenvalue weighted by Crippen LogP contribution is 2.32. The van der Waals surface area contributed by atoms with E-state index in [2.05, 4.69) is 32.2 Å². The van der Waals surface area contributed by atoms with Crippen LogP contribution in [0.2, 0.25) is 0 Å². The molecule has 0 saturated carbocycles. The van der Waals surface area contributed by atoms with Gasteiger partial charge in [0.05, 0.1) is 6.61 Å². The van der Waals surface area contributed by atoms with E-state index < -0.39 is 0 Å². The highest BCUT2D eigenvalue weighted by molar-refractivity contribution is 14.0. The van der Waals surface area contributed by atoms with Gasteiger partial charge in [-0.05, 0) is 35.4 Å². The van der Waals surface area contributed by atoms with Crippen molar-refractivity contribution in [3.8, 4) is 11.5 Å². The van der Waals surface area contributed by atoms with E-state index in [4.69, 9.17) is 14.2 Å². The van der Waals surface area contributed by atoms with Gasteiger partial charge in [-0.25, -0.2) is 4.39 Å². The smallest absolute Gasteiger partial charge is 0.231 e. The molecule has 7 nitrogen and oxygen atoms in total. The second-order valence-corrected chi connectivity index (χ2v) is 7.71. The molecule has 2 aromatic rings. The van der Waals surface area contributed by atoms with Crippen LogP contribution in [0.1, 0.15) is 16.7 Å². The molecule has 1 fully saturated rings. The molecule has 0 amide bonds. The van der Waals surface area contributed by atoms with Crippen LogP contribution in [0.15, 0.2) is 41.4 Å². The SMILES string of the molecule is CN=C(NCc1ccc(F)c(COC)c1)N1CCN(Cc2ccc3c(c2)OCO3)CC1.I. The molecule has 174 valence electrons. The summed E-state index contributed by atoms with van der Waals surface area (Å²) in [7, 11) is 3.36. The maximum absolute atomic E-state index is 13.8. The van der Waals surface area contributed by atoms with Gasteiger partial charge >= 0.3 is 0 Å². The van der Waals surface area contributed by atoms with E-state index in [1.165, 1.54) is 11.6 Å². The van der Waals surface area contributed by atoms with Crippen LogP contribution in [0.3, 0.4) is 0 Å². The molecule has 2 heterocycles. The normalized spacial score (nSPS) is 16.1. The van der Waals surface area contributed by atoms with Crippen LogP contribution in [0, 0.1) is 5.82 Å².